The van der Waals surface area contributed by atoms with E-state index in [-0.39, 0.29) is 31.0 Å². The van der Waals surface area contributed by atoms with Crippen molar-refractivity contribution in [1.29, 1.82) is 0 Å². The van der Waals surface area contributed by atoms with E-state index in [1.807, 2.05) is 6.07 Å². The molecule has 2 N–H and O–H groups in total. The summed E-state index contributed by atoms with van der Waals surface area (Å²) < 4.78 is 2.16. The van der Waals surface area contributed by atoms with E-state index in [4.69, 9.17) is 11.6 Å². The zero-order valence-corrected chi connectivity index (χ0v) is 18.0. The van der Waals surface area contributed by atoms with Gasteiger partial charge in [-0.3, -0.25) is 14.2 Å². The molecule has 3 aromatic rings. The Bertz CT molecular complexity index is 1100. The maximum atomic E-state index is 13.1. The number of aliphatic hydroxyl groups is 1. The third-order valence-corrected chi connectivity index (χ3v) is 5.09. The van der Waals surface area contributed by atoms with Crippen molar-refractivity contribution in [3.63, 3.8) is 0 Å². The number of rotatable bonds is 6. The molecule has 2 aromatic carbocycles. The number of hydrogen-bond donors (Lipinski definition) is 2. The third-order valence-electron chi connectivity index (χ3n) is 4.34. The summed E-state index contributed by atoms with van der Waals surface area (Å²) in [5, 5.41) is 12.6. The molecule has 0 saturated carbocycles. The van der Waals surface area contributed by atoms with Crippen molar-refractivity contribution < 1.29 is 9.90 Å². The highest BCUT2D eigenvalue weighted by Gasteiger charge is 2.18. The highest BCUT2D eigenvalue weighted by Crippen LogP contribution is 2.21. The highest BCUT2D eigenvalue weighted by atomic mass is 79.9. The summed E-state index contributed by atoms with van der Waals surface area (Å²) in [6.45, 7) is 1.33. The number of carbonyl (C=O) groups excluding carboxylic acids is 1. The van der Waals surface area contributed by atoms with Crippen LogP contribution in [0.15, 0.2) is 57.8 Å². The van der Waals surface area contributed by atoms with Gasteiger partial charge in [0, 0.05) is 45.0 Å². The second-order valence-electron chi connectivity index (χ2n) is 6.43. The second-order valence-corrected chi connectivity index (χ2v) is 7.78. The smallest absolute Gasteiger partial charge is 0.257 e. The van der Waals surface area contributed by atoms with Crippen molar-refractivity contribution in [1.82, 2.24) is 9.55 Å². The molecule has 0 unspecified atom stereocenters. The number of halogens is 2. The number of amides is 1. The number of carbonyl (C=O) groups is 1. The first kappa shape index (κ1) is 21.2. The largest absolute Gasteiger partial charge is 0.396 e. The zero-order valence-electron chi connectivity index (χ0n) is 15.7. The van der Waals surface area contributed by atoms with Crippen LogP contribution in [-0.4, -0.2) is 27.2 Å². The van der Waals surface area contributed by atoms with Crippen LogP contribution in [0.1, 0.15) is 11.3 Å². The first-order chi connectivity index (χ1) is 13.9. The summed E-state index contributed by atoms with van der Waals surface area (Å²) in [5.74, 6) is 0.0104. The minimum atomic E-state index is -0.360. The SMILES string of the molecule is Cc1nc(-c2ccc(Cl)cc2)n(CC(=O)Nc2cccc(Br)c2)c(=O)c1CCO. The van der Waals surface area contributed by atoms with Crippen molar-refractivity contribution in [3.05, 3.63) is 79.6 Å². The lowest BCUT2D eigenvalue weighted by Crippen LogP contribution is -2.33. The van der Waals surface area contributed by atoms with Crippen LogP contribution in [0.2, 0.25) is 5.02 Å². The van der Waals surface area contributed by atoms with Gasteiger partial charge in [0.2, 0.25) is 5.91 Å². The molecule has 0 aliphatic heterocycles. The maximum Gasteiger partial charge on any atom is 0.257 e. The van der Waals surface area contributed by atoms with Gasteiger partial charge in [-0.15, -0.1) is 0 Å². The van der Waals surface area contributed by atoms with E-state index < -0.39 is 0 Å². The van der Waals surface area contributed by atoms with Crippen LogP contribution in [0.25, 0.3) is 11.4 Å². The summed E-state index contributed by atoms with van der Waals surface area (Å²) in [6, 6.07) is 14.1. The van der Waals surface area contributed by atoms with Gasteiger partial charge in [0.05, 0.1) is 0 Å². The average Bonchev–Trinajstić information content (AvgIpc) is 2.68. The van der Waals surface area contributed by atoms with Gasteiger partial charge in [0.1, 0.15) is 12.4 Å². The van der Waals surface area contributed by atoms with Gasteiger partial charge in [-0.2, -0.15) is 0 Å². The summed E-state index contributed by atoms with van der Waals surface area (Å²) in [5.41, 5.74) is 1.85. The molecule has 1 heterocycles. The molecule has 0 fully saturated rings. The number of nitrogens with zero attached hydrogens (tertiary/aromatic N) is 2. The molecule has 29 heavy (non-hydrogen) atoms. The van der Waals surface area contributed by atoms with Crippen LogP contribution in [0, 0.1) is 6.92 Å². The topological polar surface area (TPSA) is 84.2 Å². The molecular weight excluding hydrogens is 458 g/mol. The number of benzene rings is 2. The zero-order chi connectivity index (χ0) is 21.0. The third kappa shape index (κ3) is 5.12. The first-order valence-corrected chi connectivity index (χ1v) is 10.1. The molecule has 0 atom stereocenters. The fourth-order valence-electron chi connectivity index (χ4n) is 2.98. The number of aliphatic hydroxyl groups excluding tert-OH is 1. The summed E-state index contributed by atoms with van der Waals surface area (Å²) in [6.07, 6.45) is 0.172. The Balaban J connectivity index is 2.02. The van der Waals surface area contributed by atoms with Crippen molar-refractivity contribution in [2.45, 2.75) is 19.9 Å². The van der Waals surface area contributed by atoms with E-state index in [1.165, 1.54) is 4.57 Å². The molecule has 0 bridgehead atoms. The van der Waals surface area contributed by atoms with Crippen LogP contribution >= 0.6 is 27.5 Å². The van der Waals surface area contributed by atoms with E-state index in [1.54, 1.807) is 49.4 Å². The Morgan fingerprint density at radius 2 is 1.97 bits per heavy atom. The lowest BCUT2D eigenvalue weighted by molar-refractivity contribution is -0.116. The quantitative estimate of drug-likeness (QED) is 0.567. The van der Waals surface area contributed by atoms with Crippen LogP contribution in [0.5, 0.6) is 0 Å². The Morgan fingerprint density at radius 3 is 2.62 bits per heavy atom. The Labute approximate surface area is 181 Å². The fourth-order valence-corrected chi connectivity index (χ4v) is 3.50. The lowest BCUT2D eigenvalue weighted by atomic mass is 10.1. The molecule has 0 aliphatic rings. The van der Waals surface area contributed by atoms with E-state index in [9.17, 15) is 14.7 Å². The van der Waals surface area contributed by atoms with Crippen molar-refractivity contribution in [2.75, 3.05) is 11.9 Å². The number of nitrogens with one attached hydrogen (secondary N) is 1. The summed E-state index contributed by atoms with van der Waals surface area (Å²) >= 11 is 9.33. The fraction of sp³-hybridized carbons (Fsp3) is 0.190. The Kier molecular flexibility index (Phi) is 6.84. The van der Waals surface area contributed by atoms with Gasteiger partial charge in [-0.25, -0.2) is 4.98 Å². The standard InChI is InChI=1S/C21H19BrClN3O3/c1-13-18(9-10-27)21(29)26(20(24-13)14-5-7-16(23)8-6-14)12-19(28)25-17-4-2-3-15(22)11-17/h2-8,11,27H,9-10,12H2,1H3,(H,25,28). The van der Waals surface area contributed by atoms with Gasteiger partial charge >= 0.3 is 0 Å². The normalized spacial score (nSPS) is 10.8. The second kappa shape index (κ2) is 9.35. The minimum absolute atomic E-state index is 0.172. The summed E-state index contributed by atoms with van der Waals surface area (Å²) in [7, 11) is 0. The van der Waals surface area contributed by atoms with Crippen LogP contribution in [0.4, 0.5) is 5.69 Å². The summed E-state index contributed by atoms with van der Waals surface area (Å²) in [4.78, 5) is 30.3. The van der Waals surface area contributed by atoms with Crippen LogP contribution in [-0.2, 0) is 17.8 Å². The molecule has 1 aromatic heterocycles. The molecule has 0 radical (unpaired) electrons. The average molecular weight is 477 g/mol. The predicted molar refractivity (Wildman–Crippen MR) is 117 cm³/mol. The van der Waals surface area contributed by atoms with E-state index in [2.05, 4.69) is 26.2 Å². The van der Waals surface area contributed by atoms with Crippen LogP contribution in [0.3, 0.4) is 0 Å². The monoisotopic (exact) mass is 475 g/mol. The molecule has 0 saturated heterocycles. The molecule has 1 amide bonds. The number of hydrogen-bond acceptors (Lipinski definition) is 4. The number of anilines is 1. The molecule has 6 nitrogen and oxygen atoms in total. The van der Waals surface area contributed by atoms with E-state index in [0.29, 0.717) is 33.4 Å². The Hall–Kier alpha value is -2.48. The van der Waals surface area contributed by atoms with Crippen molar-refractivity contribution in [2.24, 2.45) is 0 Å². The van der Waals surface area contributed by atoms with E-state index in [0.717, 1.165) is 4.47 Å². The molecule has 0 spiro atoms. The minimum Gasteiger partial charge on any atom is -0.396 e. The van der Waals surface area contributed by atoms with Gasteiger partial charge in [-0.05, 0) is 49.4 Å². The number of aromatic nitrogens is 2. The first-order valence-electron chi connectivity index (χ1n) is 8.91. The van der Waals surface area contributed by atoms with Gasteiger partial charge < -0.3 is 10.4 Å². The molecular formula is C21H19BrClN3O3. The number of aryl methyl sites for hydroxylation is 1. The van der Waals surface area contributed by atoms with Crippen molar-refractivity contribution >= 4 is 39.1 Å². The molecule has 8 heteroatoms. The molecule has 0 aliphatic carbocycles. The highest BCUT2D eigenvalue weighted by molar-refractivity contribution is 9.10. The maximum absolute atomic E-state index is 13.1. The van der Waals surface area contributed by atoms with Crippen LogP contribution < -0.4 is 10.9 Å². The Morgan fingerprint density at radius 1 is 1.24 bits per heavy atom. The van der Waals surface area contributed by atoms with E-state index >= 15 is 0 Å². The predicted octanol–water partition coefficient (Wildman–Crippen LogP) is 3.81. The van der Waals surface area contributed by atoms with Gasteiger partial charge in [-0.1, -0.05) is 33.6 Å². The lowest BCUT2D eigenvalue weighted by Gasteiger charge is -2.16. The molecule has 3 rings (SSSR count). The molecule has 150 valence electrons. The van der Waals surface area contributed by atoms with Gasteiger partial charge in [0.25, 0.3) is 5.56 Å². The van der Waals surface area contributed by atoms with Gasteiger partial charge in [0.15, 0.2) is 0 Å². The van der Waals surface area contributed by atoms with Crippen molar-refractivity contribution in [3.8, 4) is 11.4 Å².